The number of nitrogen functional groups attached to an aromatic ring is 1. The highest BCUT2D eigenvalue weighted by Gasteiger charge is 2.08. The molecule has 2 aromatic rings. The summed E-state index contributed by atoms with van der Waals surface area (Å²) < 4.78 is 0.996. The van der Waals surface area contributed by atoms with Gasteiger partial charge in [-0.05, 0) is 35.6 Å². The number of nitrogens with two attached hydrogens (primary N) is 1. The Labute approximate surface area is 127 Å². The van der Waals surface area contributed by atoms with Crippen LogP contribution in [0.15, 0.2) is 18.2 Å². The van der Waals surface area contributed by atoms with Crippen LogP contribution in [-0.2, 0) is 4.79 Å². The van der Waals surface area contributed by atoms with Crippen molar-refractivity contribution in [1.82, 2.24) is 4.98 Å². The normalized spacial score (nSPS) is 11.2. The molecule has 0 saturated heterocycles. The van der Waals surface area contributed by atoms with Crippen molar-refractivity contribution in [2.24, 2.45) is 0 Å². The number of thiazole rings is 1. The van der Waals surface area contributed by atoms with E-state index < -0.39 is 0 Å². The number of nitrogens with one attached hydrogen (secondary N) is 1. The zero-order valence-corrected chi connectivity index (χ0v) is 13.3. The second-order valence-electron chi connectivity index (χ2n) is 4.82. The summed E-state index contributed by atoms with van der Waals surface area (Å²) in [7, 11) is 0. The Morgan fingerprint density at radius 2 is 2.30 bits per heavy atom. The molecule has 0 aliphatic carbocycles. The maximum Gasteiger partial charge on any atom is 0.226 e. The molecule has 0 aliphatic heterocycles. The van der Waals surface area contributed by atoms with E-state index in [0.29, 0.717) is 22.5 Å². The van der Waals surface area contributed by atoms with Gasteiger partial charge in [0, 0.05) is 12.1 Å². The predicted molar refractivity (Wildman–Crippen MR) is 89.5 cm³/mol. The van der Waals surface area contributed by atoms with E-state index in [9.17, 15) is 4.79 Å². The largest absolute Gasteiger partial charge is 0.399 e. The summed E-state index contributed by atoms with van der Waals surface area (Å²) in [5, 5.41) is 4.12. The van der Waals surface area contributed by atoms with Crippen LogP contribution in [0, 0.1) is 0 Å². The third kappa shape index (κ3) is 4.38. The smallest absolute Gasteiger partial charge is 0.226 e. The third-order valence-electron chi connectivity index (χ3n) is 2.66. The minimum Gasteiger partial charge on any atom is -0.399 e. The summed E-state index contributed by atoms with van der Waals surface area (Å²) in [6, 6.07) is 5.56. The SMILES string of the molecule is CC(C)SCCCC(=O)Nc1nc2ccc(N)cc2s1. The van der Waals surface area contributed by atoms with Crippen LogP contribution in [0.4, 0.5) is 10.8 Å². The number of thioether (sulfide) groups is 1. The molecule has 108 valence electrons. The summed E-state index contributed by atoms with van der Waals surface area (Å²) in [5.74, 6) is 1.04. The van der Waals surface area contributed by atoms with Crippen LogP contribution in [-0.4, -0.2) is 21.9 Å². The molecule has 0 bridgehead atoms. The number of hydrogen-bond acceptors (Lipinski definition) is 5. The molecule has 0 atom stereocenters. The van der Waals surface area contributed by atoms with Crippen molar-refractivity contribution in [2.75, 3.05) is 16.8 Å². The fraction of sp³-hybridized carbons (Fsp3) is 0.429. The Morgan fingerprint density at radius 1 is 1.50 bits per heavy atom. The number of carbonyl (C=O) groups is 1. The Bertz CT molecular complexity index is 595. The van der Waals surface area contributed by atoms with Gasteiger partial charge in [0.2, 0.25) is 5.91 Å². The van der Waals surface area contributed by atoms with Gasteiger partial charge >= 0.3 is 0 Å². The molecule has 0 spiro atoms. The van der Waals surface area contributed by atoms with Gasteiger partial charge in [-0.15, -0.1) is 0 Å². The number of carbonyl (C=O) groups excluding carboxylic acids is 1. The van der Waals surface area contributed by atoms with Gasteiger partial charge in [-0.25, -0.2) is 4.98 Å². The number of amides is 1. The molecule has 1 aromatic heterocycles. The van der Waals surface area contributed by atoms with Gasteiger partial charge in [-0.1, -0.05) is 25.2 Å². The topological polar surface area (TPSA) is 68.0 Å². The first kappa shape index (κ1) is 15.1. The van der Waals surface area contributed by atoms with Crippen LogP contribution in [0.2, 0.25) is 0 Å². The molecule has 1 heterocycles. The van der Waals surface area contributed by atoms with E-state index in [1.807, 2.05) is 30.0 Å². The molecular weight excluding hydrogens is 290 g/mol. The zero-order valence-electron chi connectivity index (χ0n) is 11.7. The fourth-order valence-electron chi connectivity index (χ4n) is 1.73. The average molecular weight is 309 g/mol. The number of hydrogen-bond donors (Lipinski definition) is 2. The Kier molecular flexibility index (Phi) is 5.25. The molecule has 4 nitrogen and oxygen atoms in total. The van der Waals surface area contributed by atoms with Crippen molar-refractivity contribution in [1.29, 1.82) is 0 Å². The van der Waals surface area contributed by atoms with E-state index in [-0.39, 0.29) is 5.91 Å². The summed E-state index contributed by atoms with van der Waals surface area (Å²) in [6.07, 6.45) is 1.43. The Morgan fingerprint density at radius 3 is 3.05 bits per heavy atom. The fourth-order valence-corrected chi connectivity index (χ4v) is 3.44. The first-order valence-corrected chi connectivity index (χ1v) is 8.48. The second kappa shape index (κ2) is 6.95. The van der Waals surface area contributed by atoms with Crippen molar-refractivity contribution in [3.05, 3.63) is 18.2 Å². The maximum atomic E-state index is 11.8. The molecule has 0 aliphatic rings. The molecule has 0 saturated carbocycles. The van der Waals surface area contributed by atoms with E-state index in [2.05, 4.69) is 24.1 Å². The predicted octanol–water partition coefficient (Wildman–Crippen LogP) is 3.74. The molecule has 0 unspecified atom stereocenters. The number of benzene rings is 1. The average Bonchev–Trinajstić information content (AvgIpc) is 2.75. The third-order valence-corrected chi connectivity index (χ3v) is 4.78. The van der Waals surface area contributed by atoms with Gasteiger partial charge in [0.25, 0.3) is 0 Å². The van der Waals surface area contributed by atoms with Crippen LogP contribution in [0.1, 0.15) is 26.7 Å². The maximum absolute atomic E-state index is 11.8. The summed E-state index contributed by atoms with van der Waals surface area (Å²) in [4.78, 5) is 16.2. The number of rotatable bonds is 6. The molecule has 1 amide bonds. The molecule has 1 aromatic carbocycles. The van der Waals surface area contributed by atoms with Crippen molar-refractivity contribution < 1.29 is 4.79 Å². The zero-order chi connectivity index (χ0) is 14.5. The Hall–Kier alpha value is -1.27. The molecule has 0 fully saturated rings. The number of anilines is 2. The van der Waals surface area contributed by atoms with Crippen LogP contribution < -0.4 is 11.1 Å². The van der Waals surface area contributed by atoms with E-state index >= 15 is 0 Å². The molecule has 20 heavy (non-hydrogen) atoms. The molecule has 3 N–H and O–H groups in total. The van der Waals surface area contributed by atoms with Crippen LogP contribution in [0.3, 0.4) is 0 Å². The van der Waals surface area contributed by atoms with Gasteiger partial charge in [0.1, 0.15) is 0 Å². The van der Waals surface area contributed by atoms with Gasteiger partial charge in [-0.3, -0.25) is 4.79 Å². The summed E-state index contributed by atoms with van der Waals surface area (Å²) in [5.41, 5.74) is 7.31. The van der Waals surface area contributed by atoms with E-state index in [0.717, 1.165) is 22.4 Å². The van der Waals surface area contributed by atoms with Gasteiger partial charge in [-0.2, -0.15) is 11.8 Å². The van der Waals surface area contributed by atoms with Crippen molar-refractivity contribution in [2.45, 2.75) is 31.9 Å². The molecule has 2 rings (SSSR count). The molecule has 6 heteroatoms. The van der Waals surface area contributed by atoms with Crippen molar-refractivity contribution in [3.8, 4) is 0 Å². The lowest BCUT2D eigenvalue weighted by molar-refractivity contribution is -0.116. The highest BCUT2D eigenvalue weighted by molar-refractivity contribution is 7.99. The highest BCUT2D eigenvalue weighted by Crippen LogP contribution is 2.27. The Balaban J connectivity index is 1.86. The summed E-state index contributed by atoms with van der Waals surface area (Å²) >= 11 is 3.33. The first-order chi connectivity index (χ1) is 9.54. The van der Waals surface area contributed by atoms with Crippen molar-refractivity contribution >= 4 is 50.0 Å². The van der Waals surface area contributed by atoms with Crippen LogP contribution in [0.5, 0.6) is 0 Å². The van der Waals surface area contributed by atoms with Gasteiger partial charge < -0.3 is 11.1 Å². The van der Waals surface area contributed by atoms with E-state index in [1.54, 1.807) is 0 Å². The molecule has 0 radical (unpaired) electrons. The van der Waals surface area contributed by atoms with E-state index in [1.165, 1.54) is 11.3 Å². The van der Waals surface area contributed by atoms with E-state index in [4.69, 9.17) is 5.73 Å². The lowest BCUT2D eigenvalue weighted by Gasteiger charge is -2.04. The number of fused-ring (bicyclic) bond motifs is 1. The monoisotopic (exact) mass is 309 g/mol. The number of nitrogens with zero attached hydrogens (tertiary/aromatic N) is 1. The highest BCUT2D eigenvalue weighted by atomic mass is 32.2. The molecular formula is C14H19N3OS2. The lowest BCUT2D eigenvalue weighted by Crippen LogP contribution is -2.11. The van der Waals surface area contributed by atoms with Gasteiger partial charge in [0.05, 0.1) is 10.2 Å². The summed E-state index contributed by atoms with van der Waals surface area (Å²) in [6.45, 7) is 4.33. The van der Waals surface area contributed by atoms with Crippen molar-refractivity contribution in [3.63, 3.8) is 0 Å². The standard InChI is InChI=1S/C14H19N3OS2/c1-9(2)19-7-3-4-13(18)17-14-16-11-6-5-10(15)8-12(11)20-14/h5-6,8-9H,3-4,7,15H2,1-2H3,(H,16,17,18). The van der Waals surface area contributed by atoms with Crippen LogP contribution in [0.25, 0.3) is 10.2 Å². The number of aromatic nitrogens is 1. The minimum atomic E-state index is 0.0291. The second-order valence-corrected chi connectivity index (χ2v) is 7.53. The first-order valence-electron chi connectivity index (χ1n) is 6.62. The van der Waals surface area contributed by atoms with Crippen LogP contribution >= 0.6 is 23.1 Å². The quantitative estimate of drug-likeness (QED) is 0.630. The lowest BCUT2D eigenvalue weighted by atomic mass is 10.3. The minimum absolute atomic E-state index is 0.0291. The van der Waals surface area contributed by atoms with Gasteiger partial charge in [0.15, 0.2) is 5.13 Å².